The maximum atomic E-state index is 11.2. The molecule has 1 heterocycles. The molecule has 0 saturated carbocycles. The van der Waals surface area contributed by atoms with E-state index in [1.54, 1.807) is 4.90 Å². The van der Waals surface area contributed by atoms with Crippen LogP contribution >= 0.6 is 0 Å². The molecular weight excluding hydrogens is 139 g/mol. The third-order valence-corrected chi connectivity index (χ3v) is 2.07. The topological polar surface area (TPSA) is 20.3 Å². The van der Waals surface area contributed by atoms with Crippen LogP contribution in [0.15, 0.2) is 24.3 Å². The lowest BCUT2D eigenvalue weighted by molar-refractivity contribution is -0.117. The van der Waals surface area contributed by atoms with E-state index in [9.17, 15) is 4.79 Å². The third-order valence-electron chi connectivity index (χ3n) is 2.07. The van der Waals surface area contributed by atoms with Crippen molar-refractivity contribution >= 4 is 11.6 Å². The molecule has 0 radical (unpaired) electrons. The van der Waals surface area contributed by atoms with E-state index in [0.717, 1.165) is 11.3 Å². The molecule has 0 bridgehead atoms. The predicted molar refractivity (Wildman–Crippen MR) is 43.6 cm³/mol. The van der Waals surface area contributed by atoms with Gasteiger partial charge in [0.05, 0.1) is 6.42 Å². The molecule has 0 spiro atoms. The first-order valence-electron chi connectivity index (χ1n) is 3.63. The fourth-order valence-corrected chi connectivity index (χ4v) is 1.40. The third kappa shape index (κ3) is 0.827. The van der Waals surface area contributed by atoms with E-state index in [1.807, 2.05) is 31.3 Å². The molecule has 1 aliphatic heterocycles. The summed E-state index contributed by atoms with van der Waals surface area (Å²) < 4.78 is 0. The number of para-hydroxylation sites is 1. The minimum absolute atomic E-state index is 0.186. The second-order valence-electron chi connectivity index (χ2n) is 2.76. The summed E-state index contributed by atoms with van der Waals surface area (Å²) in [6.45, 7) is 0. The van der Waals surface area contributed by atoms with Crippen molar-refractivity contribution < 1.29 is 4.79 Å². The van der Waals surface area contributed by atoms with Gasteiger partial charge in [-0.2, -0.15) is 0 Å². The molecule has 2 nitrogen and oxygen atoms in total. The molecule has 1 amide bonds. The Morgan fingerprint density at radius 1 is 1.36 bits per heavy atom. The summed E-state index contributed by atoms with van der Waals surface area (Å²) in [6.07, 6.45) is 0.562. The molecule has 0 aliphatic carbocycles. The summed E-state index contributed by atoms with van der Waals surface area (Å²) in [7, 11) is 1.81. The molecule has 0 saturated heterocycles. The van der Waals surface area contributed by atoms with Gasteiger partial charge >= 0.3 is 0 Å². The molecule has 11 heavy (non-hydrogen) atoms. The fourth-order valence-electron chi connectivity index (χ4n) is 1.40. The number of amides is 1. The average molecular weight is 148 g/mol. The lowest BCUT2D eigenvalue weighted by Gasteiger charge is -2.08. The van der Waals surface area contributed by atoms with Crippen LogP contribution < -0.4 is 4.90 Å². The Morgan fingerprint density at radius 3 is 2.82 bits per heavy atom. The van der Waals surface area contributed by atoms with E-state index in [4.69, 9.17) is 0 Å². The molecule has 0 atom stereocenters. The van der Waals surface area contributed by atoms with Gasteiger partial charge in [-0.05, 0) is 11.6 Å². The summed E-state index contributed by atoms with van der Waals surface area (Å²) in [5.41, 5.74) is 2.19. The van der Waals surface area contributed by atoms with Gasteiger partial charge in [0.25, 0.3) is 0 Å². The number of hydrogen-bond donors (Lipinski definition) is 0. The summed E-state index contributed by atoms with van der Waals surface area (Å²) in [5, 5.41) is 0. The maximum absolute atomic E-state index is 11.2. The number of nitrogens with zero attached hydrogens (tertiary/aromatic N) is 1. The lowest BCUT2D eigenvalue weighted by atomic mass is 10.2. The van der Waals surface area contributed by atoms with Gasteiger partial charge in [0, 0.05) is 12.7 Å². The van der Waals surface area contributed by atoms with Gasteiger partial charge in [0.15, 0.2) is 0 Å². The van der Waals surface area contributed by atoms with Crippen molar-refractivity contribution in [2.75, 3.05) is 11.9 Å². The number of carbonyl (C=O) groups is 1. The van der Waals surface area contributed by atoms with E-state index in [2.05, 4.69) is 0 Å². The summed E-state index contributed by atoms with van der Waals surface area (Å²) in [5.74, 6) is 0.186. The van der Waals surface area contributed by atoms with Crippen LogP contribution in [0.1, 0.15) is 5.56 Å². The van der Waals surface area contributed by atoms with Crippen molar-refractivity contribution in [3.8, 4) is 0 Å². The van der Waals surface area contributed by atoms with Crippen molar-refractivity contribution in [1.29, 1.82) is 0 Å². The Morgan fingerprint density at radius 2 is 2.09 bits per heavy atom. The number of hydrogen-bond acceptors (Lipinski definition) is 1. The first kappa shape index (κ1) is 6.40. The van der Waals surface area contributed by atoms with E-state index in [-0.39, 0.29) is 5.91 Å². The van der Waals surface area contributed by atoms with Crippen molar-refractivity contribution in [3.05, 3.63) is 29.8 Å². The van der Waals surface area contributed by atoms with Gasteiger partial charge in [-0.1, -0.05) is 18.2 Å². The summed E-state index contributed by atoms with van der Waals surface area (Å²) in [4.78, 5) is 12.9. The standard InChI is InChI=1S/C9H9NO/c1-10-8-5-3-2-4-7(8)6-9(10)11/h2-5H,6H2,1H3/i9+1. The van der Waals surface area contributed by atoms with E-state index in [1.165, 1.54) is 0 Å². The number of anilines is 1. The van der Waals surface area contributed by atoms with Crippen LogP contribution in [-0.4, -0.2) is 13.0 Å². The Kier molecular flexibility index (Phi) is 1.22. The molecule has 0 aromatic heterocycles. The zero-order valence-corrected chi connectivity index (χ0v) is 6.37. The molecule has 2 rings (SSSR count). The molecule has 1 aromatic carbocycles. The van der Waals surface area contributed by atoms with Crippen LogP contribution in [0.5, 0.6) is 0 Å². The van der Waals surface area contributed by atoms with Crippen molar-refractivity contribution in [2.24, 2.45) is 0 Å². The smallest absolute Gasteiger partial charge is 0.231 e. The Labute approximate surface area is 65.4 Å². The van der Waals surface area contributed by atoms with E-state index < -0.39 is 0 Å². The zero-order chi connectivity index (χ0) is 7.84. The van der Waals surface area contributed by atoms with Crippen LogP contribution in [0.3, 0.4) is 0 Å². The van der Waals surface area contributed by atoms with Crippen LogP contribution in [-0.2, 0) is 11.2 Å². The van der Waals surface area contributed by atoms with Gasteiger partial charge in [-0.25, -0.2) is 0 Å². The minimum Gasteiger partial charge on any atom is -0.315 e. The zero-order valence-electron chi connectivity index (χ0n) is 6.37. The second kappa shape index (κ2) is 2.09. The highest BCUT2D eigenvalue weighted by molar-refractivity contribution is 6.00. The number of likely N-dealkylation sites (N-methyl/N-ethyl adjacent to an activating group) is 1. The molecule has 1 aliphatic rings. The predicted octanol–water partition coefficient (Wildman–Crippen LogP) is 1.21. The van der Waals surface area contributed by atoms with Gasteiger partial charge in [0.1, 0.15) is 0 Å². The normalized spacial score (nSPS) is 15.4. The molecule has 0 fully saturated rings. The number of fused-ring (bicyclic) bond motifs is 1. The van der Waals surface area contributed by atoms with Gasteiger partial charge in [0.2, 0.25) is 5.91 Å². The number of rotatable bonds is 0. The highest BCUT2D eigenvalue weighted by Crippen LogP contribution is 2.26. The molecule has 0 unspecified atom stereocenters. The summed E-state index contributed by atoms with van der Waals surface area (Å²) >= 11 is 0. The monoisotopic (exact) mass is 148 g/mol. The molecular formula is C9H9NO. The Bertz CT molecular complexity index is 306. The molecule has 1 aromatic rings. The van der Waals surface area contributed by atoms with Crippen molar-refractivity contribution in [2.45, 2.75) is 6.42 Å². The first-order chi connectivity index (χ1) is 5.29. The van der Waals surface area contributed by atoms with Crippen LogP contribution in [0.4, 0.5) is 5.69 Å². The lowest BCUT2D eigenvalue weighted by Crippen LogP contribution is -2.20. The van der Waals surface area contributed by atoms with E-state index in [0.29, 0.717) is 6.42 Å². The molecule has 56 valence electrons. The van der Waals surface area contributed by atoms with Crippen LogP contribution in [0.25, 0.3) is 0 Å². The second-order valence-corrected chi connectivity index (χ2v) is 2.76. The van der Waals surface area contributed by atoms with Gasteiger partial charge < -0.3 is 4.90 Å². The average Bonchev–Trinajstić information content (AvgIpc) is 2.30. The largest absolute Gasteiger partial charge is 0.315 e. The van der Waals surface area contributed by atoms with Crippen molar-refractivity contribution in [3.63, 3.8) is 0 Å². The number of benzene rings is 1. The van der Waals surface area contributed by atoms with E-state index >= 15 is 0 Å². The van der Waals surface area contributed by atoms with Crippen molar-refractivity contribution in [1.82, 2.24) is 0 Å². The maximum Gasteiger partial charge on any atom is 0.231 e. The number of carbonyl (C=O) groups excluding carboxylic acids is 1. The highest BCUT2D eigenvalue weighted by atomic mass is 16.2. The minimum atomic E-state index is 0.186. The van der Waals surface area contributed by atoms with Crippen LogP contribution in [0, 0.1) is 0 Å². The van der Waals surface area contributed by atoms with Gasteiger partial charge in [-0.3, -0.25) is 4.79 Å². The Balaban J connectivity index is 2.55. The quantitative estimate of drug-likeness (QED) is 0.506. The summed E-state index contributed by atoms with van der Waals surface area (Å²) in [6, 6.07) is 7.89. The highest BCUT2D eigenvalue weighted by Gasteiger charge is 2.22. The van der Waals surface area contributed by atoms with Crippen LogP contribution in [0.2, 0.25) is 0 Å². The Hall–Kier alpha value is -1.31. The SMILES string of the molecule is CN1c2ccccc2C[13C]1=O. The first-order valence-corrected chi connectivity index (χ1v) is 3.63. The molecule has 2 heteroatoms. The fraction of sp³-hybridized carbons (Fsp3) is 0.222. The molecule has 0 N–H and O–H groups in total. The van der Waals surface area contributed by atoms with Gasteiger partial charge in [-0.15, -0.1) is 0 Å².